The number of carbonyl (C=O) groups excluding carboxylic acids is 1. The van der Waals surface area contributed by atoms with Crippen LogP contribution in [0, 0.1) is 11.6 Å². The minimum atomic E-state index is -0.827. The van der Waals surface area contributed by atoms with Crippen molar-refractivity contribution in [1.82, 2.24) is 9.80 Å². The predicted octanol–water partition coefficient (Wildman–Crippen LogP) is 2.02. The van der Waals surface area contributed by atoms with Gasteiger partial charge in [-0.2, -0.15) is 0 Å². The van der Waals surface area contributed by atoms with Crippen LogP contribution in [0.25, 0.3) is 0 Å². The molecule has 1 saturated heterocycles. The zero-order valence-electron chi connectivity index (χ0n) is 11.0. The minimum absolute atomic E-state index is 0.162. The van der Waals surface area contributed by atoms with Crippen LogP contribution in [0.4, 0.5) is 8.78 Å². The lowest BCUT2D eigenvalue weighted by Gasteiger charge is -2.21. The normalized spacial score (nSPS) is 17.6. The quantitative estimate of drug-likeness (QED) is 0.837. The van der Waals surface area contributed by atoms with Gasteiger partial charge in [0.1, 0.15) is 0 Å². The molecule has 0 atom stereocenters. The van der Waals surface area contributed by atoms with Gasteiger partial charge in [-0.05, 0) is 24.6 Å². The Balaban J connectivity index is 1.99. The van der Waals surface area contributed by atoms with Gasteiger partial charge in [-0.25, -0.2) is 8.78 Å². The molecule has 1 amide bonds. The molecule has 104 valence electrons. The first-order valence-electron chi connectivity index (χ1n) is 6.54. The third-order valence-electron chi connectivity index (χ3n) is 3.45. The summed E-state index contributed by atoms with van der Waals surface area (Å²) in [6.07, 6.45) is 0.484. The Kier molecular flexibility index (Phi) is 4.47. The summed E-state index contributed by atoms with van der Waals surface area (Å²) in [6.45, 7) is 5.34. The molecule has 1 aromatic carbocycles. The maximum Gasteiger partial charge on any atom is 0.223 e. The molecule has 19 heavy (non-hydrogen) atoms. The Bertz CT molecular complexity index is 465. The molecule has 3 nitrogen and oxygen atoms in total. The van der Waals surface area contributed by atoms with Gasteiger partial charge in [0.2, 0.25) is 5.91 Å². The SMILES string of the molecule is CCN1CCN(Cc2ccc(F)c(F)c2)CCC1=O. The number of benzene rings is 1. The average Bonchev–Trinajstić information content (AvgIpc) is 2.56. The number of likely N-dealkylation sites (N-methyl/N-ethyl adjacent to an activating group) is 1. The van der Waals surface area contributed by atoms with Crippen LogP contribution in [0.2, 0.25) is 0 Å². The first kappa shape index (κ1) is 13.9. The average molecular weight is 268 g/mol. The summed E-state index contributed by atoms with van der Waals surface area (Å²) in [5.41, 5.74) is 0.733. The van der Waals surface area contributed by atoms with Crippen molar-refractivity contribution >= 4 is 5.91 Å². The van der Waals surface area contributed by atoms with Gasteiger partial charge in [0, 0.05) is 39.1 Å². The fraction of sp³-hybridized carbons (Fsp3) is 0.500. The molecule has 0 saturated carbocycles. The van der Waals surface area contributed by atoms with Crippen molar-refractivity contribution in [3.63, 3.8) is 0 Å². The summed E-state index contributed by atoms with van der Waals surface area (Å²) in [4.78, 5) is 15.7. The van der Waals surface area contributed by atoms with Crippen LogP contribution in [0.3, 0.4) is 0 Å². The molecular weight excluding hydrogens is 250 g/mol. The molecular formula is C14H18F2N2O. The highest BCUT2D eigenvalue weighted by atomic mass is 19.2. The van der Waals surface area contributed by atoms with Crippen molar-refractivity contribution < 1.29 is 13.6 Å². The summed E-state index contributed by atoms with van der Waals surface area (Å²) in [5, 5.41) is 0. The third-order valence-corrected chi connectivity index (χ3v) is 3.45. The Labute approximate surface area is 111 Å². The van der Waals surface area contributed by atoms with E-state index in [0.717, 1.165) is 24.7 Å². The molecule has 0 N–H and O–H groups in total. The Hall–Kier alpha value is -1.49. The van der Waals surface area contributed by atoms with Crippen molar-refractivity contribution in [3.8, 4) is 0 Å². The van der Waals surface area contributed by atoms with Crippen LogP contribution >= 0.6 is 0 Å². The Morgan fingerprint density at radius 2 is 1.95 bits per heavy atom. The van der Waals surface area contributed by atoms with Crippen molar-refractivity contribution in [2.75, 3.05) is 26.2 Å². The van der Waals surface area contributed by atoms with Crippen molar-refractivity contribution in [2.24, 2.45) is 0 Å². The van der Waals surface area contributed by atoms with Crippen LogP contribution < -0.4 is 0 Å². The van der Waals surface area contributed by atoms with Gasteiger partial charge in [-0.15, -0.1) is 0 Å². The van der Waals surface area contributed by atoms with E-state index in [1.165, 1.54) is 6.07 Å². The fourth-order valence-corrected chi connectivity index (χ4v) is 2.30. The summed E-state index contributed by atoms with van der Waals surface area (Å²) >= 11 is 0. The molecule has 0 bridgehead atoms. The van der Waals surface area contributed by atoms with Crippen LogP contribution in [0.15, 0.2) is 18.2 Å². The van der Waals surface area contributed by atoms with E-state index in [9.17, 15) is 13.6 Å². The molecule has 0 unspecified atom stereocenters. The largest absolute Gasteiger partial charge is 0.342 e. The van der Waals surface area contributed by atoms with E-state index in [0.29, 0.717) is 26.1 Å². The minimum Gasteiger partial charge on any atom is -0.342 e. The topological polar surface area (TPSA) is 23.6 Å². The zero-order chi connectivity index (χ0) is 13.8. The van der Waals surface area contributed by atoms with Gasteiger partial charge in [0.05, 0.1) is 0 Å². The van der Waals surface area contributed by atoms with E-state index < -0.39 is 11.6 Å². The lowest BCUT2D eigenvalue weighted by Crippen LogP contribution is -2.32. The van der Waals surface area contributed by atoms with Crippen LogP contribution in [0.1, 0.15) is 18.9 Å². The van der Waals surface area contributed by atoms with E-state index in [2.05, 4.69) is 4.90 Å². The lowest BCUT2D eigenvalue weighted by atomic mass is 10.2. The van der Waals surface area contributed by atoms with Gasteiger partial charge in [0.15, 0.2) is 11.6 Å². The smallest absolute Gasteiger partial charge is 0.223 e. The number of hydrogen-bond donors (Lipinski definition) is 0. The van der Waals surface area contributed by atoms with Crippen LogP contribution in [-0.4, -0.2) is 41.9 Å². The van der Waals surface area contributed by atoms with Crippen LogP contribution in [-0.2, 0) is 11.3 Å². The zero-order valence-corrected chi connectivity index (χ0v) is 11.0. The molecule has 0 radical (unpaired) electrons. The second kappa shape index (κ2) is 6.10. The Morgan fingerprint density at radius 3 is 2.63 bits per heavy atom. The fourth-order valence-electron chi connectivity index (χ4n) is 2.30. The van der Waals surface area contributed by atoms with Gasteiger partial charge >= 0.3 is 0 Å². The summed E-state index contributed by atoms with van der Waals surface area (Å²) in [5.74, 6) is -1.49. The second-order valence-corrected chi connectivity index (χ2v) is 4.75. The highest BCUT2D eigenvalue weighted by molar-refractivity contribution is 5.76. The molecule has 1 aliphatic heterocycles. The maximum atomic E-state index is 13.1. The van der Waals surface area contributed by atoms with Crippen molar-refractivity contribution in [3.05, 3.63) is 35.4 Å². The molecule has 1 aliphatic rings. The van der Waals surface area contributed by atoms with Crippen molar-refractivity contribution in [2.45, 2.75) is 19.9 Å². The number of halogens is 2. The first-order valence-corrected chi connectivity index (χ1v) is 6.54. The first-order chi connectivity index (χ1) is 9.10. The van der Waals surface area contributed by atoms with Crippen molar-refractivity contribution in [1.29, 1.82) is 0 Å². The lowest BCUT2D eigenvalue weighted by molar-refractivity contribution is -0.130. The van der Waals surface area contributed by atoms with E-state index >= 15 is 0 Å². The highest BCUT2D eigenvalue weighted by Gasteiger charge is 2.19. The maximum absolute atomic E-state index is 13.1. The number of rotatable bonds is 3. The van der Waals surface area contributed by atoms with Gasteiger partial charge < -0.3 is 4.90 Å². The Morgan fingerprint density at radius 1 is 1.16 bits per heavy atom. The van der Waals surface area contributed by atoms with Gasteiger partial charge in [-0.3, -0.25) is 9.69 Å². The molecule has 1 heterocycles. The number of nitrogens with zero attached hydrogens (tertiary/aromatic N) is 2. The molecule has 5 heteroatoms. The summed E-state index contributed by atoms with van der Waals surface area (Å²) in [7, 11) is 0. The molecule has 0 spiro atoms. The van der Waals surface area contributed by atoms with Gasteiger partial charge in [-0.1, -0.05) is 6.07 Å². The molecule has 1 fully saturated rings. The summed E-state index contributed by atoms with van der Waals surface area (Å²) in [6, 6.07) is 3.95. The van der Waals surface area contributed by atoms with E-state index in [4.69, 9.17) is 0 Å². The molecule has 0 aromatic heterocycles. The standard InChI is InChI=1S/C14H18F2N2O/c1-2-18-8-7-17(6-5-14(18)19)10-11-3-4-12(15)13(16)9-11/h3-4,9H,2,5-8,10H2,1H3. The van der Waals surface area contributed by atoms with E-state index in [1.807, 2.05) is 11.8 Å². The molecule has 1 aromatic rings. The number of carbonyl (C=O) groups is 1. The molecule has 2 rings (SSSR count). The molecule has 0 aliphatic carbocycles. The highest BCUT2D eigenvalue weighted by Crippen LogP contribution is 2.13. The van der Waals surface area contributed by atoms with E-state index in [-0.39, 0.29) is 5.91 Å². The van der Waals surface area contributed by atoms with Crippen LogP contribution in [0.5, 0.6) is 0 Å². The number of amides is 1. The third kappa shape index (κ3) is 3.50. The van der Waals surface area contributed by atoms with E-state index in [1.54, 1.807) is 6.07 Å². The van der Waals surface area contributed by atoms with Gasteiger partial charge in [0.25, 0.3) is 0 Å². The second-order valence-electron chi connectivity index (χ2n) is 4.75. The monoisotopic (exact) mass is 268 g/mol. The number of hydrogen-bond acceptors (Lipinski definition) is 2. The predicted molar refractivity (Wildman–Crippen MR) is 68.5 cm³/mol. The summed E-state index contributed by atoms with van der Waals surface area (Å²) < 4.78 is 26.0.